The summed E-state index contributed by atoms with van der Waals surface area (Å²) < 4.78 is 14.4. The third-order valence-corrected chi connectivity index (χ3v) is 6.33. The van der Waals surface area contributed by atoms with Crippen molar-refractivity contribution in [1.82, 2.24) is 0 Å². The Labute approximate surface area is 150 Å². The van der Waals surface area contributed by atoms with Gasteiger partial charge >= 0.3 is 0 Å². The Balaban J connectivity index is 2.25. The van der Waals surface area contributed by atoms with Gasteiger partial charge in [-0.1, -0.05) is 78.1 Å². The van der Waals surface area contributed by atoms with Crippen molar-refractivity contribution >= 4 is 47.8 Å². The first kappa shape index (κ1) is 17.2. The van der Waals surface area contributed by atoms with Gasteiger partial charge < -0.3 is 0 Å². The van der Waals surface area contributed by atoms with Gasteiger partial charge in [0.25, 0.3) is 0 Å². The van der Waals surface area contributed by atoms with Gasteiger partial charge in [0.1, 0.15) is 5.82 Å². The average molecular weight is 479 g/mol. The van der Waals surface area contributed by atoms with Crippen molar-refractivity contribution < 1.29 is 4.39 Å². The van der Waals surface area contributed by atoms with E-state index in [2.05, 4.69) is 72.1 Å². The summed E-state index contributed by atoms with van der Waals surface area (Å²) in [6, 6.07) is 15.5. The Kier molecular flexibility index (Phi) is 6.45. The molecule has 0 aliphatic carbocycles. The van der Waals surface area contributed by atoms with Crippen LogP contribution in [0.25, 0.3) is 0 Å². The van der Waals surface area contributed by atoms with E-state index in [0.29, 0.717) is 0 Å². The minimum absolute atomic E-state index is 0.0224. The first-order valence-electron chi connectivity index (χ1n) is 6.68. The van der Waals surface area contributed by atoms with E-state index in [-0.39, 0.29) is 11.2 Å². The zero-order chi connectivity index (χ0) is 15.3. The number of benzene rings is 2. The molecule has 0 saturated heterocycles. The fraction of sp³-hybridized carbons (Fsp3) is 0.294. The molecule has 112 valence electrons. The molecule has 2 aromatic carbocycles. The molecule has 0 nitrogen and oxygen atoms in total. The predicted molar refractivity (Wildman–Crippen MR) is 98.0 cm³/mol. The van der Waals surface area contributed by atoms with Crippen molar-refractivity contribution in [3.8, 4) is 0 Å². The molecule has 0 radical (unpaired) electrons. The quantitative estimate of drug-likeness (QED) is 0.437. The van der Waals surface area contributed by atoms with Gasteiger partial charge in [0, 0.05) is 15.1 Å². The normalized spacial score (nSPS) is 11.6. The standard InChI is InChI=1S/C17H16Br3F/c18-11-17(12-19,9-13-4-2-1-3-5-13)10-14-6-15(20)8-16(21)7-14/h1-8H,9-12H2. The Morgan fingerprint density at radius 1 is 0.857 bits per heavy atom. The molecule has 2 rings (SSSR count). The molecule has 0 aliphatic rings. The van der Waals surface area contributed by atoms with E-state index < -0.39 is 0 Å². The maximum absolute atomic E-state index is 13.6. The van der Waals surface area contributed by atoms with E-state index in [0.717, 1.165) is 33.5 Å². The number of halogens is 4. The number of alkyl halides is 2. The minimum atomic E-state index is -0.197. The van der Waals surface area contributed by atoms with Gasteiger partial charge in [0.2, 0.25) is 0 Å². The van der Waals surface area contributed by atoms with Crippen LogP contribution in [0.2, 0.25) is 0 Å². The molecular weight excluding hydrogens is 463 g/mol. The van der Waals surface area contributed by atoms with Gasteiger partial charge in [0.15, 0.2) is 0 Å². The van der Waals surface area contributed by atoms with Crippen molar-refractivity contribution in [1.29, 1.82) is 0 Å². The lowest BCUT2D eigenvalue weighted by atomic mass is 9.80. The van der Waals surface area contributed by atoms with Crippen LogP contribution >= 0.6 is 47.8 Å². The van der Waals surface area contributed by atoms with Crippen LogP contribution in [-0.2, 0) is 12.8 Å². The molecule has 2 aromatic rings. The van der Waals surface area contributed by atoms with Crippen LogP contribution in [0.15, 0.2) is 53.0 Å². The lowest BCUT2D eigenvalue weighted by Gasteiger charge is -2.30. The summed E-state index contributed by atoms with van der Waals surface area (Å²) in [5.74, 6) is -0.197. The van der Waals surface area contributed by atoms with E-state index in [1.165, 1.54) is 11.6 Å². The molecule has 0 unspecified atom stereocenters. The fourth-order valence-corrected chi connectivity index (χ4v) is 4.70. The second-order valence-corrected chi connectivity index (χ2v) is 7.42. The maximum Gasteiger partial charge on any atom is 0.124 e. The van der Waals surface area contributed by atoms with Crippen LogP contribution in [0.3, 0.4) is 0 Å². The maximum atomic E-state index is 13.6. The first-order chi connectivity index (χ1) is 10.1. The van der Waals surface area contributed by atoms with E-state index in [4.69, 9.17) is 0 Å². The molecule has 0 N–H and O–H groups in total. The van der Waals surface area contributed by atoms with Gasteiger partial charge in [-0.15, -0.1) is 0 Å². The number of hydrogen-bond acceptors (Lipinski definition) is 0. The van der Waals surface area contributed by atoms with Gasteiger partial charge in [-0.3, -0.25) is 0 Å². The van der Waals surface area contributed by atoms with Crippen LogP contribution in [0.4, 0.5) is 4.39 Å². The zero-order valence-electron chi connectivity index (χ0n) is 11.5. The van der Waals surface area contributed by atoms with Crippen molar-refractivity contribution in [2.45, 2.75) is 12.8 Å². The molecule has 0 heterocycles. The summed E-state index contributed by atoms with van der Waals surface area (Å²) >= 11 is 10.7. The van der Waals surface area contributed by atoms with Crippen LogP contribution in [-0.4, -0.2) is 10.7 Å². The molecule has 0 atom stereocenters. The zero-order valence-corrected chi connectivity index (χ0v) is 16.2. The molecular formula is C17H16Br3F. The van der Waals surface area contributed by atoms with E-state index in [1.807, 2.05) is 12.1 Å². The topological polar surface area (TPSA) is 0 Å². The van der Waals surface area contributed by atoms with Crippen molar-refractivity contribution in [3.63, 3.8) is 0 Å². The molecule has 0 spiro atoms. The summed E-state index contributed by atoms with van der Waals surface area (Å²) in [5, 5.41) is 1.71. The Morgan fingerprint density at radius 2 is 1.48 bits per heavy atom. The van der Waals surface area contributed by atoms with Crippen molar-refractivity contribution in [2.75, 3.05) is 10.7 Å². The molecule has 0 aromatic heterocycles. The largest absolute Gasteiger partial charge is 0.207 e. The summed E-state index contributed by atoms with van der Waals surface area (Å²) in [4.78, 5) is 0. The second-order valence-electron chi connectivity index (χ2n) is 5.38. The summed E-state index contributed by atoms with van der Waals surface area (Å²) in [6.07, 6.45) is 1.76. The third-order valence-electron chi connectivity index (χ3n) is 3.49. The van der Waals surface area contributed by atoms with Gasteiger partial charge in [-0.2, -0.15) is 0 Å². The number of hydrogen-bond donors (Lipinski definition) is 0. The second kappa shape index (κ2) is 7.89. The molecule has 0 fully saturated rings. The molecule has 21 heavy (non-hydrogen) atoms. The Hall–Kier alpha value is -0.190. The predicted octanol–water partition coefficient (Wildman–Crippen LogP) is 6.15. The molecule has 4 heteroatoms. The Bertz CT molecular complexity index is 560. The van der Waals surface area contributed by atoms with E-state index in [9.17, 15) is 4.39 Å². The highest BCUT2D eigenvalue weighted by Crippen LogP contribution is 2.33. The minimum Gasteiger partial charge on any atom is -0.207 e. The molecule has 0 bridgehead atoms. The average Bonchev–Trinajstić information content (AvgIpc) is 2.46. The van der Waals surface area contributed by atoms with Crippen LogP contribution in [0.5, 0.6) is 0 Å². The highest BCUT2D eigenvalue weighted by Gasteiger charge is 2.29. The fourth-order valence-electron chi connectivity index (χ4n) is 2.46. The third kappa shape index (κ3) is 4.90. The van der Waals surface area contributed by atoms with Crippen LogP contribution < -0.4 is 0 Å². The SMILES string of the molecule is Fc1cc(Br)cc(CC(CBr)(CBr)Cc2ccccc2)c1. The van der Waals surface area contributed by atoms with Crippen LogP contribution in [0, 0.1) is 11.2 Å². The lowest BCUT2D eigenvalue weighted by molar-refractivity contribution is 0.385. The van der Waals surface area contributed by atoms with E-state index in [1.54, 1.807) is 6.07 Å². The van der Waals surface area contributed by atoms with Gasteiger partial charge in [-0.05, 0) is 47.6 Å². The number of rotatable bonds is 6. The highest BCUT2D eigenvalue weighted by molar-refractivity contribution is 9.10. The van der Waals surface area contributed by atoms with Crippen LogP contribution in [0.1, 0.15) is 11.1 Å². The molecule has 0 amide bonds. The summed E-state index contributed by atoms with van der Waals surface area (Å²) in [7, 11) is 0. The summed E-state index contributed by atoms with van der Waals surface area (Å²) in [5.41, 5.74) is 2.33. The molecule has 0 aliphatic heterocycles. The monoisotopic (exact) mass is 476 g/mol. The van der Waals surface area contributed by atoms with Crippen molar-refractivity contribution in [3.05, 3.63) is 69.9 Å². The Morgan fingerprint density at radius 3 is 2.05 bits per heavy atom. The van der Waals surface area contributed by atoms with E-state index >= 15 is 0 Å². The lowest BCUT2D eigenvalue weighted by Crippen LogP contribution is -2.30. The summed E-state index contributed by atoms with van der Waals surface area (Å²) in [6.45, 7) is 0. The first-order valence-corrected chi connectivity index (χ1v) is 9.71. The smallest absolute Gasteiger partial charge is 0.124 e. The van der Waals surface area contributed by atoms with Crippen molar-refractivity contribution in [2.24, 2.45) is 5.41 Å². The van der Waals surface area contributed by atoms with Gasteiger partial charge in [-0.25, -0.2) is 4.39 Å². The highest BCUT2D eigenvalue weighted by atomic mass is 79.9. The van der Waals surface area contributed by atoms with Gasteiger partial charge in [0.05, 0.1) is 0 Å². The molecule has 0 saturated carbocycles.